The van der Waals surface area contributed by atoms with Crippen molar-refractivity contribution in [3.05, 3.63) is 82.0 Å². The molecule has 0 fully saturated rings. The predicted octanol–water partition coefficient (Wildman–Crippen LogP) is 3.31. The van der Waals surface area contributed by atoms with Crippen LogP contribution in [0.4, 0.5) is 0 Å². The van der Waals surface area contributed by atoms with Crippen molar-refractivity contribution in [1.82, 2.24) is 10.3 Å². The van der Waals surface area contributed by atoms with Crippen molar-refractivity contribution in [2.75, 3.05) is 6.61 Å². The summed E-state index contributed by atoms with van der Waals surface area (Å²) in [5, 5.41) is 3.59. The van der Waals surface area contributed by atoms with Crippen LogP contribution in [0, 0.1) is 6.92 Å². The molecule has 0 aliphatic rings. The summed E-state index contributed by atoms with van der Waals surface area (Å²) >= 11 is 0. The Kier molecular flexibility index (Phi) is 5.89. The summed E-state index contributed by atoms with van der Waals surface area (Å²) in [5.41, 5.74) is 2.84. The first-order valence-corrected chi connectivity index (χ1v) is 8.93. The van der Waals surface area contributed by atoms with Gasteiger partial charge in [0.1, 0.15) is 17.9 Å². The summed E-state index contributed by atoms with van der Waals surface area (Å²) in [6.45, 7) is 8.26. The lowest BCUT2D eigenvalue weighted by atomic mass is 10.0. The van der Waals surface area contributed by atoms with Gasteiger partial charge in [-0.05, 0) is 54.8 Å². The number of nitrogens with zero attached hydrogens (tertiary/aromatic N) is 1. The number of carbonyl (C=O) groups is 1. The highest BCUT2D eigenvalue weighted by Crippen LogP contribution is 2.24. The number of ether oxygens (including phenoxy) is 1. The number of amides is 1. The van der Waals surface area contributed by atoms with E-state index in [2.05, 4.69) is 16.9 Å². The van der Waals surface area contributed by atoms with Crippen LogP contribution in [-0.2, 0) is 17.8 Å². The van der Waals surface area contributed by atoms with E-state index in [-0.39, 0.29) is 12.3 Å². The fourth-order valence-electron chi connectivity index (χ4n) is 2.80. The van der Waals surface area contributed by atoms with Crippen molar-refractivity contribution in [2.24, 2.45) is 0 Å². The molecule has 0 saturated heterocycles. The molecule has 2 aromatic heterocycles. The van der Waals surface area contributed by atoms with E-state index >= 15 is 0 Å². The van der Waals surface area contributed by atoms with Crippen LogP contribution in [0.15, 0.2) is 64.1 Å². The Morgan fingerprint density at radius 2 is 2.00 bits per heavy atom. The number of nitrogens with one attached hydrogen (secondary N) is 1. The number of carbonyl (C=O) groups excluding carboxylic acids is 1. The zero-order chi connectivity index (χ0) is 20.1. The van der Waals surface area contributed by atoms with Crippen LogP contribution in [0.5, 0.6) is 5.75 Å². The monoisotopic (exact) mass is 378 g/mol. The van der Waals surface area contributed by atoms with Gasteiger partial charge in [-0.15, -0.1) is 0 Å². The molecule has 0 radical (unpaired) electrons. The number of rotatable bonds is 7. The number of aromatic nitrogens is 1. The zero-order valence-corrected chi connectivity index (χ0v) is 16.0. The average molecular weight is 378 g/mol. The van der Waals surface area contributed by atoms with E-state index in [1.54, 1.807) is 18.5 Å². The van der Waals surface area contributed by atoms with Gasteiger partial charge in [0.15, 0.2) is 0 Å². The van der Waals surface area contributed by atoms with Gasteiger partial charge in [0.05, 0.1) is 12.0 Å². The maximum absolute atomic E-state index is 12.4. The van der Waals surface area contributed by atoms with Crippen molar-refractivity contribution in [3.8, 4) is 5.75 Å². The van der Waals surface area contributed by atoms with Gasteiger partial charge < -0.3 is 14.5 Å². The molecule has 0 aliphatic carbocycles. The molecule has 0 bridgehead atoms. The summed E-state index contributed by atoms with van der Waals surface area (Å²) in [6, 6.07) is 8.97. The lowest BCUT2D eigenvalue weighted by molar-refractivity contribution is -0.120. The van der Waals surface area contributed by atoms with Crippen LogP contribution >= 0.6 is 0 Å². The lowest BCUT2D eigenvalue weighted by Crippen LogP contribution is -2.27. The maximum Gasteiger partial charge on any atom is 0.340 e. The molecule has 2 heterocycles. The summed E-state index contributed by atoms with van der Waals surface area (Å²) in [5.74, 6) is 0.355. The van der Waals surface area contributed by atoms with Crippen LogP contribution in [-0.4, -0.2) is 17.5 Å². The number of aryl methyl sites for hydroxylation is 1. The molecule has 0 spiro atoms. The number of hydrogen-bond donors (Lipinski definition) is 1. The van der Waals surface area contributed by atoms with Crippen LogP contribution in [0.25, 0.3) is 11.0 Å². The molecular formula is C22H22N2O4. The van der Waals surface area contributed by atoms with E-state index in [4.69, 9.17) is 9.15 Å². The first-order valence-electron chi connectivity index (χ1n) is 8.93. The molecule has 0 atom stereocenters. The van der Waals surface area contributed by atoms with E-state index in [0.29, 0.717) is 30.0 Å². The minimum Gasteiger partial charge on any atom is -0.489 e. The summed E-state index contributed by atoms with van der Waals surface area (Å²) in [6.07, 6.45) is 3.29. The number of fused-ring (bicyclic) bond motifs is 1. The van der Waals surface area contributed by atoms with Crippen LogP contribution in [0.1, 0.15) is 23.6 Å². The molecule has 3 rings (SSSR count). The van der Waals surface area contributed by atoms with Crippen LogP contribution < -0.4 is 15.7 Å². The highest BCUT2D eigenvalue weighted by atomic mass is 16.5. The van der Waals surface area contributed by atoms with Gasteiger partial charge in [-0.2, -0.15) is 0 Å². The fourth-order valence-corrected chi connectivity index (χ4v) is 2.80. The summed E-state index contributed by atoms with van der Waals surface area (Å²) < 4.78 is 11.0. The van der Waals surface area contributed by atoms with E-state index in [0.717, 1.165) is 22.1 Å². The Morgan fingerprint density at radius 3 is 2.71 bits per heavy atom. The second kappa shape index (κ2) is 8.52. The average Bonchev–Trinajstić information content (AvgIpc) is 2.68. The summed E-state index contributed by atoms with van der Waals surface area (Å²) in [7, 11) is 0. The van der Waals surface area contributed by atoms with Gasteiger partial charge >= 0.3 is 5.63 Å². The van der Waals surface area contributed by atoms with E-state index in [1.165, 1.54) is 0 Å². The Balaban J connectivity index is 1.77. The number of benzene rings is 1. The van der Waals surface area contributed by atoms with Gasteiger partial charge in [0.25, 0.3) is 0 Å². The van der Waals surface area contributed by atoms with Gasteiger partial charge in [-0.3, -0.25) is 9.78 Å². The van der Waals surface area contributed by atoms with Crippen LogP contribution in [0.3, 0.4) is 0 Å². The molecule has 6 nitrogen and oxygen atoms in total. The van der Waals surface area contributed by atoms with Gasteiger partial charge in [0.2, 0.25) is 5.91 Å². The van der Waals surface area contributed by atoms with E-state index < -0.39 is 5.63 Å². The van der Waals surface area contributed by atoms with Gasteiger partial charge in [-0.25, -0.2) is 4.79 Å². The SMILES string of the molecule is C=C(C)COc1ccc2c(C)c(CC(=O)NCc3ccncc3)c(=O)oc2c1. The molecule has 6 heteroatoms. The number of hydrogen-bond acceptors (Lipinski definition) is 5. The molecular weight excluding hydrogens is 356 g/mol. The lowest BCUT2D eigenvalue weighted by Gasteiger charge is -2.10. The van der Waals surface area contributed by atoms with Crippen molar-refractivity contribution >= 4 is 16.9 Å². The Labute approximate surface area is 162 Å². The highest BCUT2D eigenvalue weighted by Gasteiger charge is 2.15. The first kappa shape index (κ1) is 19.4. The van der Waals surface area contributed by atoms with Crippen LogP contribution in [0.2, 0.25) is 0 Å². The van der Waals surface area contributed by atoms with Crippen molar-refractivity contribution in [3.63, 3.8) is 0 Å². The molecule has 28 heavy (non-hydrogen) atoms. The van der Waals surface area contributed by atoms with Gasteiger partial charge in [0, 0.05) is 30.4 Å². The second-order valence-corrected chi connectivity index (χ2v) is 6.71. The zero-order valence-electron chi connectivity index (χ0n) is 16.0. The third-order valence-electron chi connectivity index (χ3n) is 4.32. The van der Waals surface area contributed by atoms with Gasteiger partial charge in [-0.1, -0.05) is 6.58 Å². The highest BCUT2D eigenvalue weighted by molar-refractivity contribution is 5.85. The standard InChI is InChI=1S/C22H22N2O4/c1-14(2)13-27-17-4-5-18-15(3)19(22(26)28-20(18)10-17)11-21(25)24-12-16-6-8-23-9-7-16/h4-10H,1,11-13H2,2-3H3,(H,24,25). The molecule has 0 aliphatic heterocycles. The van der Waals surface area contributed by atoms with E-state index in [9.17, 15) is 9.59 Å². The molecule has 0 saturated carbocycles. The normalized spacial score (nSPS) is 10.6. The third-order valence-corrected chi connectivity index (χ3v) is 4.32. The Bertz CT molecular complexity index is 1070. The number of pyridine rings is 1. The molecule has 3 aromatic rings. The van der Waals surface area contributed by atoms with Crippen molar-refractivity contribution < 1.29 is 13.9 Å². The third kappa shape index (κ3) is 4.65. The molecule has 144 valence electrons. The predicted molar refractivity (Wildman–Crippen MR) is 107 cm³/mol. The smallest absolute Gasteiger partial charge is 0.340 e. The molecule has 0 unspecified atom stereocenters. The summed E-state index contributed by atoms with van der Waals surface area (Å²) in [4.78, 5) is 28.7. The van der Waals surface area contributed by atoms with Crippen molar-refractivity contribution in [1.29, 1.82) is 0 Å². The van der Waals surface area contributed by atoms with E-state index in [1.807, 2.05) is 38.1 Å². The maximum atomic E-state index is 12.4. The topological polar surface area (TPSA) is 81.4 Å². The minimum atomic E-state index is -0.513. The second-order valence-electron chi connectivity index (χ2n) is 6.71. The quantitative estimate of drug-likeness (QED) is 0.504. The first-order chi connectivity index (χ1) is 13.4. The fraction of sp³-hybridized carbons (Fsp3) is 0.227. The largest absolute Gasteiger partial charge is 0.489 e. The molecule has 1 amide bonds. The Morgan fingerprint density at radius 1 is 1.25 bits per heavy atom. The molecule has 1 aromatic carbocycles. The molecule has 1 N–H and O–H groups in total. The minimum absolute atomic E-state index is 0.0386. The Hall–Kier alpha value is -3.41. The van der Waals surface area contributed by atoms with Crippen molar-refractivity contribution in [2.45, 2.75) is 26.8 Å².